The third-order valence-corrected chi connectivity index (χ3v) is 7.69. The highest BCUT2D eigenvalue weighted by atomic mass is 35.5. The molecule has 182 valence electrons. The number of ether oxygens (including phenoxy) is 1. The SMILES string of the molecule is O=C(NC1=CN(C(Cc2ccc(Cl)c(Cl)c2)C(=O)N2CCC3OCC(=O)C32)NS1)c1ccccc1. The van der Waals surface area contributed by atoms with E-state index in [1.54, 1.807) is 52.5 Å². The second-order valence-electron chi connectivity index (χ2n) is 8.46. The Labute approximate surface area is 216 Å². The molecule has 2 fully saturated rings. The Morgan fingerprint density at radius 1 is 1.17 bits per heavy atom. The van der Waals surface area contributed by atoms with Crippen LogP contribution in [0.15, 0.2) is 59.8 Å². The van der Waals surface area contributed by atoms with Crippen LogP contribution in [0.5, 0.6) is 0 Å². The number of hydrazine groups is 1. The summed E-state index contributed by atoms with van der Waals surface area (Å²) in [5.74, 6) is -0.539. The second kappa shape index (κ2) is 10.2. The van der Waals surface area contributed by atoms with Crippen molar-refractivity contribution < 1.29 is 19.1 Å². The number of likely N-dealkylation sites (tertiary alicyclic amines) is 1. The first-order valence-corrected chi connectivity index (χ1v) is 12.7. The number of fused-ring (bicyclic) bond motifs is 1. The molecule has 3 heterocycles. The summed E-state index contributed by atoms with van der Waals surface area (Å²) < 4.78 is 5.56. The van der Waals surface area contributed by atoms with E-state index < -0.39 is 12.1 Å². The summed E-state index contributed by atoms with van der Waals surface area (Å²) in [5, 5.41) is 5.88. The van der Waals surface area contributed by atoms with Crippen LogP contribution in [-0.2, 0) is 20.7 Å². The topological polar surface area (TPSA) is 91.0 Å². The summed E-state index contributed by atoms with van der Waals surface area (Å²) in [7, 11) is 0. The predicted octanol–water partition coefficient (Wildman–Crippen LogP) is 3.17. The molecule has 11 heteroatoms. The van der Waals surface area contributed by atoms with Gasteiger partial charge in [-0.2, -0.15) is 4.83 Å². The molecule has 0 radical (unpaired) electrons. The lowest BCUT2D eigenvalue weighted by Gasteiger charge is -2.32. The first-order chi connectivity index (χ1) is 16.9. The molecule has 0 saturated carbocycles. The molecule has 2 aromatic carbocycles. The number of carbonyl (C=O) groups excluding carboxylic acids is 3. The first-order valence-electron chi connectivity index (χ1n) is 11.1. The van der Waals surface area contributed by atoms with Gasteiger partial charge in [0.2, 0.25) is 5.91 Å². The molecule has 0 spiro atoms. The third kappa shape index (κ3) is 5.05. The fourth-order valence-electron chi connectivity index (χ4n) is 4.49. The smallest absolute Gasteiger partial charge is 0.256 e. The molecule has 2 N–H and O–H groups in total. The molecule has 2 aromatic rings. The number of carbonyl (C=O) groups is 3. The van der Waals surface area contributed by atoms with Crippen LogP contribution in [0.25, 0.3) is 0 Å². The van der Waals surface area contributed by atoms with Crippen molar-refractivity contribution in [1.29, 1.82) is 0 Å². The van der Waals surface area contributed by atoms with Crippen LogP contribution in [0.1, 0.15) is 22.3 Å². The molecule has 3 unspecified atom stereocenters. The Bertz CT molecular complexity index is 1200. The van der Waals surface area contributed by atoms with E-state index in [0.29, 0.717) is 40.0 Å². The number of nitrogens with zero attached hydrogens (tertiary/aromatic N) is 2. The van der Waals surface area contributed by atoms with Gasteiger partial charge < -0.3 is 15.0 Å². The minimum absolute atomic E-state index is 0.0317. The highest BCUT2D eigenvalue weighted by Gasteiger charge is 2.48. The van der Waals surface area contributed by atoms with E-state index in [-0.39, 0.29) is 30.3 Å². The Kier molecular flexibility index (Phi) is 7.04. The molecule has 2 saturated heterocycles. The third-order valence-electron chi connectivity index (χ3n) is 6.22. The minimum atomic E-state index is -0.696. The van der Waals surface area contributed by atoms with Gasteiger partial charge in [0.05, 0.1) is 16.1 Å². The van der Waals surface area contributed by atoms with E-state index >= 15 is 0 Å². The van der Waals surface area contributed by atoms with Crippen molar-refractivity contribution >= 4 is 52.7 Å². The van der Waals surface area contributed by atoms with Crippen molar-refractivity contribution in [2.24, 2.45) is 0 Å². The molecule has 3 aliphatic rings. The number of amides is 2. The summed E-state index contributed by atoms with van der Waals surface area (Å²) in [5.41, 5.74) is 1.34. The fourth-order valence-corrected chi connectivity index (χ4v) is 5.51. The van der Waals surface area contributed by atoms with Gasteiger partial charge in [0.1, 0.15) is 23.7 Å². The number of halogens is 2. The molecular formula is C24H22Cl2N4O4S. The zero-order chi connectivity index (χ0) is 24.5. The number of ketones is 1. The van der Waals surface area contributed by atoms with Crippen LogP contribution < -0.4 is 10.1 Å². The predicted molar refractivity (Wildman–Crippen MR) is 133 cm³/mol. The van der Waals surface area contributed by atoms with Gasteiger partial charge in [0.15, 0.2) is 5.78 Å². The Balaban J connectivity index is 1.38. The van der Waals surface area contributed by atoms with Crippen LogP contribution in [-0.4, -0.2) is 58.8 Å². The molecular weight excluding hydrogens is 511 g/mol. The van der Waals surface area contributed by atoms with Crippen molar-refractivity contribution in [3.05, 3.63) is 80.9 Å². The molecule has 2 amide bonds. The molecule has 0 aliphatic carbocycles. The van der Waals surface area contributed by atoms with Crippen LogP contribution in [0, 0.1) is 0 Å². The Morgan fingerprint density at radius 2 is 1.97 bits per heavy atom. The molecule has 0 aromatic heterocycles. The van der Waals surface area contributed by atoms with Gasteiger partial charge in [-0.05, 0) is 48.2 Å². The number of Topliss-reactive ketones (excluding diaryl/α,β-unsaturated/α-hetero) is 1. The fraction of sp³-hybridized carbons (Fsp3) is 0.292. The maximum atomic E-state index is 13.8. The van der Waals surface area contributed by atoms with Gasteiger partial charge in [-0.15, -0.1) is 0 Å². The van der Waals surface area contributed by atoms with Gasteiger partial charge in [-0.1, -0.05) is 47.5 Å². The number of benzene rings is 2. The van der Waals surface area contributed by atoms with Crippen molar-refractivity contribution in [2.75, 3.05) is 13.2 Å². The van der Waals surface area contributed by atoms with Crippen molar-refractivity contribution in [3.8, 4) is 0 Å². The molecule has 8 nitrogen and oxygen atoms in total. The van der Waals surface area contributed by atoms with Gasteiger partial charge in [-0.3, -0.25) is 19.4 Å². The largest absolute Gasteiger partial charge is 0.368 e. The molecule has 35 heavy (non-hydrogen) atoms. The number of hydrogen-bond donors (Lipinski definition) is 2. The van der Waals surface area contributed by atoms with Gasteiger partial charge in [-0.25, -0.2) is 0 Å². The highest BCUT2D eigenvalue weighted by Crippen LogP contribution is 2.31. The average Bonchev–Trinajstić information content (AvgIpc) is 3.58. The van der Waals surface area contributed by atoms with Gasteiger partial charge in [0, 0.05) is 24.7 Å². The number of nitrogens with one attached hydrogen (secondary N) is 2. The molecule has 3 atom stereocenters. The van der Waals surface area contributed by atoms with Crippen molar-refractivity contribution in [2.45, 2.75) is 31.0 Å². The lowest BCUT2D eigenvalue weighted by Crippen LogP contribution is -2.53. The number of hydrogen-bond acceptors (Lipinski definition) is 7. The molecule has 5 rings (SSSR count). The standard InChI is InChI=1S/C24H22Cl2N4O4S/c25-16-7-6-14(10-17(16)26)11-18(24(33)29-9-8-20-22(29)19(31)13-34-20)30-12-21(35-28-30)27-23(32)15-4-2-1-3-5-15/h1-7,10,12,18,20,22,28H,8-9,11,13H2,(H,27,32). The summed E-state index contributed by atoms with van der Waals surface area (Å²) in [4.78, 5) is 43.5. The van der Waals surface area contributed by atoms with E-state index in [1.165, 1.54) is 11.9 Å². The second-order valence-corrected chi connectivity index (χ2v) is 10.1. The van der Waals surface area contributed by atoms with E-state index in [4.69, 9.17) is 27.9 Å². The monoisotopic (exact) mass is 532 g/mol. The van der Waals surface area contributed by atoms with E-state index in [9.17, 15) is 14.4 Å². The van der Waals surface area contributed by atoms with E-state index in [2.05, 4.69) is 10.1 Å². The Morgan fingerprint density at radius 3 is 2.74 bits per heavy atom. The zero-order valence-electron chi connectivity index (χ0n) is 18.4. The van der Waals surface area contributed by atoms with Crippen LogP contribution in [0.2, 0.25) is 10.0 Å². The zero-order valence-corrected chi connectivity index (χ0v) is 20.8. The van der Waals surface area contributed by atoms with Crippen LogP contribution in [0.4, 0.5) is 0 Å². The maximum Gasteiger partial charge on any atom is 0.256 e. The maximum absolute atomic E-state index is 13.8. The lowest BCUT2D eigenvalue weighted by atomic mass is 10.0. The summed E-state index contributed by atoms with van der Waals surface area (Å²) in [6.07, 6.45) is 2.36. The molecule has 3 aliphatic heterocycles. The minimum Gasteiger partial charge on any atom is -0.368 e. The van der Waals surface area contributed by atoms with E-state index in [0.717, 1.165) is 5.56 Å². The average molecular weight is 533 g/mol. The normalized spacial score (nSPS) is 22.2. The molecule has 0 bridgehead atoms. The van der Waals surface area contributed by atoms with Gasteiger partial charge >= 0.3 is 0 Å². The van der Waals surface area contributed by atoms with Crippen LogP contribution in [0.3, 0.4) is 0 Å². The first kappa shape index (κ1) is 24.1. The van der Waals surface area contributed by atoms with E-state index in [1.807, 2.05) is 12.1 Å². The van der Waals surface area contributed by atoms with Crippen molar-refractivity contribution in [3.63, 3.8) is 0 Å². The Hall–Kier alpha value is -2.56. The quantitative estimate of drug-likeness (QED) is 0.552. The highest BCUT2D eigenvalue weighted by molar-refractivity contribution is 8.01. The summed E-state index contributed by atoms with van der Waals surface area (Å²) in [6, 6.07) is 12.8. The summed E-state index contributed by atoms with van der Waals surface area (Å²) in [6.45, 7) is 0.476. The van der Waals surface area contributed by atoms with Crippen LogP contribution >= 0.6 is 35.1 Å². The lowest BCUT2D eigenvalue weighted by molar-refractivity contribution is -0.140. The van der Waals surface area contributed by atoms with Crippen molar-refractivity contribution in [1.82, 2.24) is 20.1 Å². The number of rotatable bonds is 6. The summed E-state index contributed by atoms with van der Waals surface area (Å²) >= 11 is 13.5. The van der Waals surface area contributed by atoms with Gasteiger partial charge in [0.25, 0.3) is 5.91 Å².